The quantitative estimate of drug-likeness (QED) is 0.183. The third-order valence-corrected chi connectivity index (χ3v) is 3.79. The van der Waals surface area contributed by atoms with E-state index in [-0.39, 0.29) is 54.2 Å². The van der Waals surface area contributed by atoms with E-state index in [0.717, 1.165) is 0 Å². The molecule has 0 aliphatic carbocycles. The maximum atomic E-state index is 9.52. The molecule has 0 rings (SSSR count). The van der Waals surface area contributed by atoms with Gasteiger partial charge in [-0.05, 0) is 34.5 Å². The van der Waals surface area contributed by atoms with Gasteiger partial charge >= 0.3 is 21.7 Å². The van der Waals surface area contributed by atoms with Gasteiger partial charge in [-0.1, -0.05) is 104 Å². The fourth-order valence-electron chi connectivity index (χ4n) is 1.82. The number of hydrogen-bond donors (Lipinski definition) is 3. The Bertz CT molecular complexity index is 581. The zero-order chi connectivity index (χ0) is 30.6. The molecule has 0 aromatic heterocycles. The van der Waals surface area contributed by atoms with Crippen LogP contribution >= 0.6 is 0 Å². The van der Waals surface area contributed by atoms with Crippen LogP contribution in [0.25, 0.3) is 5.32 Å². The standard InChI is InChI=1S/3C10H19O.C2H6N.Ti/c3*1-9(2,3)7-8(11)10(4,5)6;1-3-2;/h3*7,11H,4H2,1-3,5-6H3;1-2H3;/q4*-1;+4. The summed E-state index contributed by atoms with van der Waals surface area (Å²) >= 11 is 0. The Morgan fingerprint density at radius 3 is 0.595 bits per heavy atom. The van der Waals surface area contributed by atoms with Crippen LogP contribution in [-0.4, -0.2) is 29.4 Å². The van der Waals surface area contributed by atoms with Gasteiger partial charge in [0.15, 0.2) is 0 Å². The molecule has 0 aliphatic heterocycles. The number of allylic oxidation sites excluding steroid dienone is 6. The van der Waals surface area contributed by atoms with E-state index >= 15 is 0 Å². The summed E-state index contributed by atoms with van der Waals surface area (Å²) in [5.74, 6) is 1.10. The summed E-state index contributed by atoms with van der Waals surface area (Å²) < 4.78 is 0. The topological polar surface area (TPSA) is 74.8 Å². The Morgan fingerprint density at radius 2 is 0.568 bits per heavy atom. The van der Waals surface area contributed by atoms with Gasteiger partial charge in [-0.3, -0.25) is 0 Å². The molecule has 3 N–H and O–H groups in total. The van der Waals surface area contributed by atoms with Crippen LogP contribution in [-0.2, 0) is 21.7 Å². The molecule has 0 spiro atoms. The Kier molecular flexibility index (Phi) is 22.2. The van der Waals surface area contributed by atoms with Gasteiger partial charge in [-0.25, -0.2) is 0 Å². The van der Waals surface area contributed by atoms with E-state index in [2.05, 4.69) is 88.4 Å². The average molecular weight is 558 g/mol. The SMILES string of the molecule is C[N-]C.[CH2-]C(C)(C)C(O)=CC(C)(C)C.[CH2-]C(C)(C)C(O)=CC(C)(C)C.[CH2-]C(C)(C)C(O)=CC(C)(C)C.[Ti+4]. The molecule has 0 atom stereocenters. The third kappa shape index (κ3) is 37.5. The molecule has 0 saturated heterocycles. The molecule has 0 amide bonds. The molecule has 0 aromatic rings. The Hall–Kier alpha value is -0.706. The molecule has 5 heteroatoms. The Morgan fingerprint density at radius 1 is 0.459 bits per heavy atom. The fourth-order valence-corrected chi connectivity index (χ4v) is 1.82. The van der Waals surface area contributed by atoms with E-state index < -0.39 is 0 Å². The molecule has 0 fully saturated rings. The minimum Gasteiger partial charge on any atom is -0.668 e. The normalized spacial score (nSPS) is 14.1. The second-order valence-corrected chi connectivity index (χ2v) is 14.8. The van der Waals surface area contributed by atoms with E-state index in [1.807, 2.05) is 59.8 Å². The summed E-state index contributed by atoms with van der Waals surface area (Å²) in [5, 5.41) is 32.1. The van der Waals surface area contributed by atoms with Crippen molar-refractivity contribution in [3.8, 4) is 0 Å². The summed E-state index contributed by atoms with van der Waals surface area (Å²) in [6, 6.07) is 0. The van der Waals surface area contributed by atoms with E-state index in [9.17, 15) is 15.3 Å². The zero-order valence-electron chi connectivity index (χ0n) is 27.6. The first-order valence-corrected chi connectivity index (χ1v) is 12.6. The minimum absolute atomic E-state index is 0. The second-order valence-electron chi connectivity index (χ2n) is 14.8. The molecule has 0 aliphatic rings. The molecule has 0 aromatic carbocycles. The van der Waals surface area contributed by atoms with Gasteiger partial charge in [0.1, 0.15) is 0 Å². The van der Waals surface area contributed by atoms with E-state index in [1.54, 1.807) is 14.1 Å². The third-order valence-electron chi connectivity index (χ3n) is 3.79. The molecule has 0 unspecified atom stereocenters. The van der Waals surface area contributed by atoms with Crippen LogP contribution in [0.5, 0.6) is 0 Å². The van der Waals surface area contributed by atoms with Gasteiger partial charge in [0, 0.05) is 0 Å². The van der Waals surface area contributed by atoms with Crippen LogP contribution in [0.1, 0.15) is 104 Å². The molecule has 218 valence electrons. The average Bonchev–Trinajstić information content (AvgIpc) is 2.49. The maximum Gasteiger partial charge on any atom is 4.00 e. The molecule has 0 saturated carbocycles. The van der Waals surface area contributed by atoms with Crippen molar-refractivity contribution in [2.45, 2.75) is 104 Å². The smallest absolute Gasteiger partial charge is 0.668 e. The maximum absolute atomic E-state index is 9.52. The van der Waals surface area contributed by atoms with E-state index in [1.165, 1.54) is 0 Å². The number of aliphatic hydroxyl groups is 3. The van der Waals surface area contributed by atoms with Crippen LogP contribution in [0.4, 0.5) is 0 Å². The number of aliphatic hydroxyl groups excluding tert-OH is 3. The van der Waals surface area contributed by atoms with Crippen molar-refractivity contribution in [3.05, 3.63) is 61.6 Å². The van der Waals surface area contributed by atoms with Crippen LogP contribution in [0.15, 0.2) is 35.5 Å². The van der Waals surface area contributed by atoms with Gasteiger partial charge in [0.2, 0.25) is 0 Å². The van der Waals surface area contributed by atoms with E-state index in [4.69, 9.17) is 0 Å². The van der Waals surface area contributed by atoms with Crippen LogP contribution in [0.2, 0.25) is 0 Å². The Labute approximate surface area is 248 Å². The van der Waals surface area contributed by atoms with Crippen molar-refractivity contribution >= 4 is 0 Å². The Balaban J connectivity index is -0.000000129. The van der Waals surface area contributed by atoms with Gasteiger partial charge in [0.05, 0.1) is 17.3 Å². The molecule has 0 heterocycles. The first-order chi connectivity index (χ1) is 15.3. The van der Waals surface area contributed by atoms with Crippen LogP contribution in [0, 0.1) is 53.3 Å². The molecule has 37 heavy (non-hydrogen) atoms. The first-order valence-electron chi connectivity index (χ1n) is 12.6. The van der Waals surface area contributed by atoms with Crippen LogP contribution in [0.3, 0.4) is 0 Å². The summed E-state index contributed by atoms with van der Waals surface area (Å²) in [6.45, 7) is 41.3. The largest absolute Gasteiger partial charge is 4.00 e. The molecular formula is C32H63NO3Ti. The molecule has 4 nitrogen and oxygen atoms in total. The van der Waals surface area contributed by atoms with Crippen molar-refractivity contribution in [1.82, 2.24) is 0 Å². The number of nitrogens with zero attached hydrogens (tertiary/aromatic N) is 1. The minimum atomic E-state index is -0.368. The molecular weight excluding hydrogens is 494 g/mol. The van der Waals surface area contributed by atoms with Crippen molar-refractivity contribution in [3.63, 3.8) is 0 Å². The predicted octanol–water partition coefficient (Wildman–Crippen LogP) is 10.6. The molecule has 0 radical (unpaired) electrons. The van der Waals surface area contributed by atoms with Gasteiger partial charge < -0.3 is 41.4 Å². The summed E-state index contributed by atoms with van der Waals surface area (Å²) in [4.78, 5) is 0. The summed E-state index contributed by atoms with van der Waals surface area (Å²) in [7, 11) is 3.50. The van der Waals surface area contributed by atoms with Gasteiger partial charge in [0.25, 0.3) is 0 Å². The van der Waals surface area contributed by atoms with Gasteiger partial charge in [-0.15, -0.1) is 16.2 Å². The zero-order valence-corrected chi connectivity index (χ0v) is 29.2. The van der Waals surface area contributed by atoms with Crippen molar-refractivity contribution < 1.29 is 37.0 Å². The monoisotopic (exact) mass is 557 g/mol. The van der Waals surface area contributed by atoms with Crippen molar-refractivity contribution in [1.29, 1.82) is 0 Å². The van der Waals surface area contributed by atoms with Crippen molar-refractivity contribution in [2.75, 3.05) is 14.1 Å². The van der Waals surface area contributed by atoms with Gasteiger partial charge in [-0.2, -0.15) is 14.1 Å². The van der Waals surface area contributed by atoms with Crippen molar-refractivity contribution in [2.24, 2.45) is 32.5 Å². The fraction of sp³-hybridized carbons (Fsp3) is 0.719. The number of hydrogen-bond acceptors (Lipinski definition) is 3. The van der Waals surface area contributed by atoms with Crippen LogP contribution < -0.4 is 0 Å². The molecule has 0 bridgehead atoms. The predicted molar refractivity (Wildman–Crippen MR) is 163 cm³/mol. The number of rotatable bonds is 3. The first kappa shape index (κ1) is 46.2. The summed E-state index contributed by atoms with van der Waals surface area (Å²) in [5.41, 5.74) is -1.02. The second kappa shape index (κ2) is 17.8. The summed E-state index contributed by atoms with van der Waals surface area (Å²) in [6.07, 6.45) is 5.54. The van der Waals surface area contributed by atoms with E-state index in [0.29, 0.717) is 17.3 Å².